The Morgan fingerprint density at radius 2 is 1.78 bits per heavy atom. The Bertz CT molecular complexity index is 451. The van der Waals surface area contributed by atoms with Crippen LogP contribution in [0.15, 0.2) is 18.2 Å². The van der Waals surface area contributed by atoms with Gasteiger partial charge in [-0.3, -0.25) is 4.79 Å². The molecule has 5 heteroatoms. The van der Waals surface area contributed by atoms with Gasteiger partial charge in [-0.15, -0.1) is 0 Å². The molecule has 0 bridgehead atoms. The standard InChI is InChI=1S/C13H14O5/c14-10(8-13-17-5-6-18-13)9-1-2-11-12(7-9)16-4-3-15-11/h1-2,7,13H,3-6,8H2. The van der Waals surface area contributed by atoms with Gasteiger partial charge in [0.2, 0.25) is 0 Å². The van der Waals surface area contributed by atoms with Crippen LogP contribution in [0.4, 0.5) is 0 Å². The van der Waals surface area contributed by atoms with E-state index in [0.717, 1.165) is 0 Å². The van der Waals surface area contributed by atoms with E-state index in [2.05, 4.69) is 0 Å². The molecule has 2 heterocycles. The summed E-state index contributed by atoms with van der Waals surface area (Å²) in [7, 11) is 0. The minimum Gasteiger partial charge on any atom is -0.486 e. The quantitative estimate of drug-likeness (QED) is 0.759. The molecule has 0 aliphatic carbocycles. The zero-order valence-electron chi connectivity index (χ0n) is 9.89. The van der Waals surface area contributed by atoms with E-state index in [0.29, 0.717) is 43.5 Å². The lowest BCUT2D eigenvalue weighted by molar-refractivity contribution is -0.0407. The van der Waals surface area contributed by atoms with Gasteiger partial charge in [0.05, 0.1) is 19.6 Å². The van der Waals surface area contributed by atoms with E-state index in [-0.39, 0.29) is 12.2 Å². The van der Waals surface area contributed by atoms with Gasteiger partial charge in [-0.25, -0.2) is 0 Å². The molecule has 0 unspecified atom stereocenters. The minimum absolute atomic E-state index is 0.0149. The molecule has 0 amide bonds. The van der Waals surface area contributed by atoms with E-state index in [1.165, 1.54) is 0 Å². The van der Waals surface area contributed by atoms with Gasteiger partial charge in [0.1, 0.15) is 13.2 Å². The molecule has 18 heavy (non-hydrogen) atoms. The van der Waals surface area contributed by atoms with E-state index >= 15 is 0 Å². The fraction of sp³-hybridized carbons (Fsp3) is 0.462. The van der Waals surface area contributed by atoms with Crippen LogP contribution in [0.2, 0.25) is 0 Å². The van der Waals surface area contributed by atoms with Crippen molar-refractivity contribution in [1.29, 1.82) is 0 Å². The number of Topliss-reactive ketones (excluding diaryl/α,β-unsaturated/α-hetero) is 1. The van der Waals surface area contributed by atoms with Gasteiger partial charge in [-0.2, -0.15) is 0 Å². The van der Waals surface area contributed by atoms with Gasteiger partial charge in [0.25, 0.3) is 0 Å². The molecule has 3 rings (SSSR count). The first-order valence-corrected chi connectivity index (χ1v) is 5.99. The second-order valence-electron chi connectivity index (χ2n) is 4.16. The summed E-state index contributed by atoms with van der Waals surface area (Å²) in [5, 5.41) is 0. The van der Waals surface area contributed by atoms with Crippen LogP contribution >= 0.6 is 0 Å². The first-order valence-electron chi connectivity index (χ1n) is 5.99. The predicted molar refractivity (Wildman–Crippen MR) is 62.1 cm³/mol. The number of benzene rings is 1. The van der Waals surface area contributed by atoms with E-state index in [9.17, 15) is 4.79 Å². The van der Waals surface area contributed by atoms with E-state index in [4.69, 9.17) is 18.9 Å². The monoisotopic (exact) mass is 250 g/mol. The van der Waals surface area contributed by atoms with Crippen LogP contribution in [0.3, 0.4) is 0 Å². The Labute approximate surface area is 105 Å². The van der Waals surface area contributed by atoms with Gasteiger partial charge in [-0.05, 0) is 18.2 Å². The molecular weight excluding hydrogens is 236 g/mol. The molecule has 0 atom stereocenters. The SMILES string of the molecule is O=C(CC1OCCO1)c1ccc2c(c1)OCCO2. The van der Waals surface area contributed by atoms with E-state index in [1.54, 1.807) is 18.2 Å². The maximum atomic E-state index is 12.0. The van der Waals surface area contributed by atoms with Crippen LogP contribution in [0.5, 0.6) is 11.5 Å². The first kappa shape index (κ1) is 11.5. The number of carbonyl (C=O) groups is 1. The maximum Gasteiger partial charge on any atom is 0.168 e. The summed E-state index contributed by atoms with van der Waals surface area (Å²) in [4.78, 5) is 12.0. The van der Waals surface area contributed by atoms with Crippen molar-refractivity contribution < 1.29 is 23.7 Å². The maximum absolute atomic E-state index is 12.0. The highest BCUT2D eigenvalue weighted by Crippen LogP contribution is 2.31. The Morgan fingerprint density at radius 3 is 2.56 bits per heavy atom. The van der Waals surface area contributed by atoms with Gasteiger partial charge < -0.3 is 18.9 Å². The van der Waals surface area contributed by atoms with Crippen LogP contribution in [-0.4, -0.2) is 38.5 Å². The Hall–Kier alpha value is -1.59. The summed E-state index contributed by atoms with van der Waals surface area (Å²) < 4.78 is 21.4. The average Bonchev–Trinajstić information content (AvgIpc) is 2.91. The van der Waals surface area contributed by atoms with Crippen LogP contribution in [-0.2, 0) is 9.47 Å². The summed E-state index contributed by atoms with van der Waals surface area (Å²) in [6.45, 7) is 2.17. The highest BCUT2D eigenvalue weighted by molar-refractivity contribution is 5.96. The lowest BCUT2D eigenvalue weighted by Gasteiger charge is -2.18. The van der Waals surface area contributed by atoms with Gasteiger partial charge in [-0.1, -0.05) is 0 Å². The fourth-order valence-corrected chi connectivity index (χ4v) is 2.01. The summed E-state index contributed by atoms with van der Waals surface area (Å²) in [6, 6.07) is 5.22. The van der Waals surface area contributed by atoms with Crippen molar-refractivity contribution in [2.24, 2.45) is 0 Å². The van der Waals surface area contributed by atoms with Crippen molar-refractivity contribution in [3.63, 3.8) is 0 Å². The molecule has 1 saturated heterocycles. The third kappa shape index (κ3) is 2.32. The third-order valence-electron chi connectivity index (χ3n) is 2.91. The Balaban J connectivity index is 1.73. The van der Waals surface area contributed by atoms with Crippen LogP contribution < -0.4 is 9.47 Å². The molecule has 0 saturated carbocycles. The normalized spacial score (nSPS) is 18.9. The predicted octanol–water partition coefficient (Wildman–Crippen LogP) is 1.40. The third-order valence-corrected chi connectivity index (χ3v) is 2.91. The summed E-state index contributed by atoms with van der Waals surface area (Å²) in [6.07, 6.45) is -0.176. The Morgan fingerprint density at radius 1 is 1.06 bits per heavy atom. The second-order valence-corrected chi connectivity index (χ2v) is 4.16. The van der Waals surface area contributed by atoms with Crippen molar-refractivity contribution in [2.75, 3.05) is 26.4 Å². The lowest BCUT2D eigenvalue weighted by atomic mass is 10.1. The largest absolute Gasteiger partial charge is 0.486 e. The molecule has 1 aromatic carbocycles. The number of hydrogen-bond donors (Lipinski definition) is 0. The van der Waals surface area contributed by atoms with Crippen LogP contribution in [0.25, 0.3) is 0 Å². The highest BCUT2D eigenvalue weighted by Gasteiger charge is 2.22. The molecule has 1 fully saturated rings. The van der Waals surface area contributed by atoms with Gasteiger partial charge in [0.15, 0.2) is 23.6 Å². The molecule has 5 nitrogen and oxygen atoms in total. The number of hydrogen-bond acceptors (Lipinski definition) is 5. The molecule has 0 radical (unpaired) electrons. The molecule has 2 aliphatic heterocycles. The fourth-order valence-electron chi connectivity index (χ4n) is 2.01. The summed E-state index contributed by atoms with van der Waals surface area (Å²) in [5.41, 5.74) is 0.596. The minimum atomic E-state index is -0.411. The average molecular weight is 250 g/mol. The van der Waals surface area contributed by atoms with Crippen molar-refractivity contribution >= 4 is 5.78 Å². The number of fused-ring (bicyclic) bond motifs is 1. The number of carbonyl (C=O) groups excluding carboxylic acids is 1. The topological polar surface area (TPSA) is 54.0 Å². The summed E-state index contributed by atoms with van der Waals surface area (Å²) >= 11 is 0. The zero-order chi connectivity index (χ0) is 12.4. The number of ketones is 1. The number of rotatable bonds is 3. The summed E-state index contributed by atoms with van der Waals surface area (Å²) in [5.74, 6) is 1.30. The second kappa shape index (κ2) is 4.96. The smallest absolute Gasteiger partial charge is 0.168 e. The van der Waals surface area contributed by atoms with E-state index < -0.39 is 6.29 Å². The van der Waals surface area contributed by atoms with Crippen molar-refractivity contribution in [3.05, 3.63) is 23.8 Å². The molecule has 2 aliphatic rings. The molecule has 1 aromatic rings. The Kier molecular flexibility index (Phi) is 3.17. The van der Waals surface area contributed by atoms with Gasteiger partial charge >= 0.3 is 0 Å². The van der Waals surface area contributed by atoms with Crippen LogP contribution in [0, 0.1) is 0 Å². The first-order chi connectivity index (χ1) is 8.83. The molecule has 96 valence electrons. The zero-order valence-corrected chi connectivity index (χ0v) is 9.89. The number of ether oxygens (including phenoxy) is 4. The molecular formula is C13H14O5. The van der Waals surface area contributed by atoms with Gasteiger partial charge in [0, 0.05) is 5.56 Å². The lowest BCUT2D eigenvalue weighted by Crippen LogP contribution is -2.17. The van der Waals surface area contributed by atoms with Crippen LogP contribution in [0.1, 0.15) is 16.8 Å². The molecule has 0 spiro atoms. The molecule has 0 N–H and O–H groups in total. The van der Waals surface area contributed by atoms with Crippen molar-refractivity contribution in [3.8, 4) is 11.5 Å². The van der Waals surface area contributed by atoms with E-state index in [1.807, 2.05) is 0 Å². The highest BCUT2D eigenvalue weighted by atomic mass is 16.7. The molecule has 0 aromatic heterocycles. The van der Waals surface area contributed by atoms with Crippen molar-refractivity contribution in [2.45, 2.75) is 12.7 Å². The van der Waals surface area contributed by atoms with Crippen molar-refractivity contribution in [1.82, 2.24) is 0 Å².